The third-order valence-corrected chi connectivity index (χ3v) is 5.10. The van der Waals surface area contributed by atoms with Crippen LogP contribution in [0.2, 0.25) is 0 Å². The Kier molecular flexibility index (Phi) is 3.53. The molecule has 0 spiro atoms. The molecule has 0 aliphatic heterocycles. The van der Waals surface area contributed by atoms with Crippen molar-refractivity contribution in [2.75, 3.05) is 5.32 Å². The van der Waals surface area contributed by atoms with Gasteiger partial charge in [0, 0.05) is 20.9 Å². The van der Waals surface area contributed by atoms with Crippen molar-refractivity contribution in [3.8, 4) is 0 Å². The summed E-state index contributed by atoms with van der Waals surface area (Å²) in [6, 6.07) is 12.6. The topological polar surface area (TPSA) is 24.9 Å². The first-order valence-corrected chi connectivity index (χ1v) is 7.76. The minimum Gasteiger partial charge on any atom is -0.376 e. The molecule has 0 amide bonds. The average Bonchev–Trinajstić information content (AvgIpc) is 2.85. The van der Waals surface area contributed by atoms with Crippen LogP contribution in [0.5, 0.6) is 0 Å². The maximum atomic E-state index is 4.47. The summed E-state index contributed by atoms with van der Waals surface area (Å²) in [6.07, 6.45) is 1.83. The normalized spacial score (nSPS) is 12.5. The lowest BCUT2D eigenvalue weighted by molar-refractivity contribution is 0.904. The van der Waals surface area contributed by atoms with E-state index in [0.29, 0.717) is 0 Å². The predicted octanol–water partition coefficient (Wildman–Crippen LogP) is 5.23. The molecular formula is C15H13BrN2S. The van der Waals surface area contributed by atoms with E-state index in [9.17, 15) is 0 Å². The Bertz CT molecular complexity index is 703. The molecule has 3 aromatic rings. The number of anilines is 1. The summed E-state index contributed by atoms with van der Waals surface area (Å²) in [5.41, 5.74) is 2.09. The van der Waals surface area contributed by atoms with E-state index >= 15 is 0 Å². The molecule has 0 saturated carbocycles. The lowest BCUT2D eigenvalue weighted by Crippen LogP contribution is -2.06. The third-order valence-electron chi connectivity index (χ3n) is 3.04. The minimum atomic E-state index is 0.252. The summed E-state index contributed by atoms with van der Waals surface area (Å²) in [6.45, 7) is 2.17. The molecule has 0 radical (unpaired) electrons. The monoisotopic (exact) mass is 332 g/mol. The smallest absolute Gasteiger partial charge is 0.0933 e. The number of hydrogen-bond acceptors (Lipinski definition) is 3. The minimum absolute atomic E-state index is 0.252. The van der Waals surface area contributed by atoms with Crippen LogP contribution >= 0.6 is 27.3 Å². The SMILES string of the molecule is CC(Nc1cccc2cccnc12)c1sccc1Br. The molecule has 1 atom stereocenters. The van der Waals surface area contributed by atoms with Crippen LogP contribution in [0.15, 0.2) is 52.4 Å². The van der Waals surface area contributed by atoms with Crippen molar-refractivity contribution >= 4 is 43.9 Å². The molecule has 0 fully saturated rings. The lowest BCUT2D eigenvalue weighted by Gasteiger charge is -2.15. The largest absolute Gasteiger partial charge is 0.376 e. The van der Waals surface area contributed by atoms with Gasteiger partial charge >= 0.3 is 0 Å². The first kappa shape index (κ1) is 12.6. The Morgan fingerprint density at radius 3 is 2.84 bits per heavy atom. The molecule has 2 nitrogen and oxygen atoms in total. The second kappa shape index (κ2) is 5.31. The van der Waals surface area contributed by atoms with Gasteiger partial charge in [0.15, 0.2) is 0 Å². The van der Waals surface area contributed by atoms with E-state index in [2.05, 4.69) is 68.9 Å². The number of aromatic nitrogens is 1. The van der Waals surface area contributed by atoms with Crippen molar-refractivity contribution in [2.24, 2.45) is 0 Å². The Labute approximate surface area is 124 Å². The van der Waals surface area contributed by atoms with Crippen LogP contribution in [-0.4, -0.2) is 4.98 Å². The lowest BCUT2D eigenvalue weighted by atomic mass is 10.1. The van der Waals surface area contributed by atoms with Crippen molar-refractivity contribution in [1.82, 2.24) is 4.98 Å². The summed E-state index contributed by atoms with van der Waals surface area (Å²) in [5, 5.41) is 6.80. The van der Waals surface area contributed by atoms with Crippen LogP contribution in [-0.2, 0) is 0 Å². The number of fused-ring (bicyclic) bond motifs is 1. The Morgan fingerprint density at radius 2 is 2.05 bits per heavy atom. The van der Waals surface area contributed by atoms with E-state index in [-0.39, 0.29) is 6.04 Å². The van der Waals surface area contributed by atoms with Gasteiger partial charge in [0.1, 0.15) is 0 Å². The maximum Gasteiger partial charge on any atom is 0.0933 e. The molecular weight excluding hydrogens is 320 g/mol. The van der Waals surface area contributed by atoms with Crippen molar-refractivity contribution in [3.05, 3.63) is 57.3 Å². The van der Waals surface area contributed by atoms with E-state index in [1.165, 1.54) is 4.88 Å². The Morgan fingerprint density at radius 1 is 1.21 bits per heavy atom. The summed E-state index contributed by atoms with van der Waals surface area (Å²) in [5.74, 6) is 0. The molecule has 1 N–H and O–H groups in total. The predicted molar refractivity (Wildman–Crippen MR) is 85.8 cm³/mol. The second-order valence-corrected chi connectivity index (χ2v) is 6.18. The van der Waals surface area contributed by atoms with Gasteiger partial charge in [-0.25, -0.2) is 0 Å². The number of thiophene rings is 1. The summed E-state index contributed by atoms with van der Waals surface area (Å²) in [4.78, 5) is 5.77. The maximum absolute atomic E-state index is 4.47. The van der Waals surface area contributed by atoms with E-state index in [4.69, 9.17) is 0 Å². The number of para-hydroxylation sites is 1. The van der Waals surface area contributed by atoms with Gasteiger partial charge in [0.05, 0.1) is 17.2 Å². The van der Waals surface area contributed by atoms with Crippen LogP contribution in [0.1, 0.15) is 17.8 Å². The molecule has 1 aromatic carbocycles. The zero-order chi connectivity index (χ0) is 13.2. The standard InChI is InChI=1S/C15H13BrN2S/c1-10(15-12(16)7-9-19-15)18-13-6-2-4-11-5-3-8-17-14(11)13/h2-10,18H,1H3. The third kappa shape index (κ3) is 2.51. The molecule has 0 saturated heterocycles. The second-order valence-electron chi connectivity index (χ2n) is 4.38. The molecule has 0 aliphatic carbocycles. The summed E-state index contributed by atoms with van der Waals surface area (Å²) in [7, 11) is 0. The van der Waals surface area contributed by atoms with Gasteiger partial charge in [-0.05, 0) is 46.4 Å². The highest BCUT2D eigenvalue weighted by molar-refractivity contribution is 9.10. The van der Waals surface area contributed by atoms with E-state index in [1.807, 2.05) is 12.3 Å². The molecule has 1 unspecified atom stereocenters. The fourth-order valence-corrected chi connectivity index (χ4v) is 3.86. The van der Waals surface area contributed by atoms with E-state index in [0.717, 1.165) is 21.1 Å². The van der Waals surface area contributed by atoms with Crippen LogP contribution in [0.4, 0.5) is 5.69 Å². The van der Waals surface area contributed by atoms with Crippen molar-refractivity contribution in [1.29, 1.82) is 0 Å². The molecule has 2 heterocycles. The van der Waals surface area contributed by atoms with Gasteiger partial charge in [0.25, 0.3) is 0 Å². The fraction of sp³-hybridized carbons (Fsp3) is 0.133. The van der Waals surface area contributed by atoms with Gasteiger partial charge < -0.3 is 5.32 Å². The van der Waals surface area contributed by atoms with Crippen LogP contribution in [0.3, 0.4) is 0 Å². The number of nitrogens with zero attached hydrogens (tertiary/aromatic N) is 1. The first-order chi connectivity index (χ1) is 9.25. The zero-order valence-corrected chi connectivity index (χ0v) is 12.8. The van der Waals surface area contributed by atoms with Crippen molar-refractivity contribution in [2.45, 2.75) is 13.0 Å². The highest BCUT2D eigenvalue weighted by Crippen LogP contribution is 2.32. The average molecular weight is 333 g/mol. The Hall–Kier alpha value is -1.39. The molecule has 96 valence electrons. The summed E-state index contributed by atoms with van der Waals surface area (Å²) < 4.78 is 1.16. The molecule has 3 rings (SSSR count). The van der Waals surface area contributed by atoms with Crippen LogP contribution in [0, 0.1) is 0 Å². The van der Waals surface area contributed by atoms with Crippen molar-refractivity contribution in [3.63, 3.8) is 0 Å². The molecule has 0 aliphatic rings. The molecule has 19 heavy (non-hydrogen) atoms. The van der Waals surface area contributed by atoms with Gasteiger partial charge in [-0.15, -0.1) is 11.3 Å². The highest BCUT2D eigenvalue weighted by Gasteiger charge is 2.12. The number of halogens is 1. The first-order valence-electron chi connectivity index (χ1n) is 6.09. The van der Waals surface area contributed by atoms with Gasteiger partial charge in [-0.3, -0.25) is 4.98 Å². The molecule has 2 aromatic heterocycles. The van der Waals surface area contributed by atoms with E-state index in [1.54, 1.807) is 11.3 Å². The highest BCUT2D eigenvalue weighted by atomic mass is 79.9. The quantitative estimate of drug-likeness (QED) is 0.710. The number of pyridine rings is 1. The van der Waals surface area contributed by atoms with Crippen molar-refractivity contribution < 1.29 is 0 Å². The number of nitrogens with one attached hydrogen (secondary N) is 1. The molecule has 4 heteroatoms. The van der Waals surface area contributed by atoms with E-state index < -0.39 is 0 Å². The zero-order valence-electron chi connectivity index (χ0n) is 10.4. The summed E-state index contributed by atoms with van der Waals surface area (Å²) >= 11 is 5.34. The number of rotatable bonds is 3. The molecule has 0 bridgehead atoms. The van der Waals surface area contributed by atoms with Crippen LogP contribution < -0.4 is 5.32 Å². The van der Waals surface area contributed by atoms with Gasteiger partial charge in [0.2, 0.25) is 0 Å². The number of hydrogen-bond donors (Lipinski definition) is 1. The number of benzene rings is 1. The van der Waals surface area contributed by atoms with Crippen LogP contribution in [0.25, 0.3) is 10.9 Å². The fourth-order valence-electron chi connectivity index (χ4n) is 2.13. The van der Waals surface area contributed by atoms with Gasteiger partial charge in [-0.2, -0.15) is 0 Å². The van der Waals surface area contributed by atoms with Gasteiger partial charge in [-0.1, -0.05) is 18.2 Å². The Balaban J connectivity index is 1.96.